The summed E-state index contributed by atoms with van der Waals surface area (Å²) in [5.74, 6) is -0.261. The van der Waals surface area contributed by atoms with Crippen LogP contribution in [0.1, 0.15) is 52.4 Å². The number of urea groups is 1. The monoisotopic (exact) mass is 270 g/mol. The predicted octanol–water partition coefficient (Wildman–Crippen LogP) is 2.46. The summed E-state index contributed by atoms with van der Waals surface area (Å²) < 4.78 is 0. The summed E-state index contributed by atoms with van der Waals surface area (Å²) in [5, 5.41) is 11.4. The first kappa shape index (κ1) is 15.8. The molecule has 1 heterocycles. The topological polar surface area (TPSA) is 69.6 Å². The zero-order valence-electron chi connectivity index (χ0n) is 12.0. The second-order valence-electron chi connectivity index (χ2n) is 5.40. The van der Waals surface area contributed by atoms with Crippen LogP contribution in [0.3, 0.4) is 0 Å². The molecule has 0 aromatic heterocycles. The van der Waals surface area contributed by atoms with Gasteiger partial charge < -0.3 is 15.3 Å². The van der Waals surface area contributed by atoms with Crippen molar-refractivity contribution in [2.24, 2.45) is 5.92 Å². The molecule has 2 unspecified atom stereocenters. The van der Waals surface area contributed by atoms with Crippen molar-refractivity contribution in [2.75, 3.05) is 13.1 Å². The molecule has 0 bridgehead atoms. The number of hydrogen-bond acceptors (Lipinski definition) is 2. The fraction of sp³-hybridized carbons (Fsp3) is 0.857. The Morgan fingerprint density at radius 2 is 2.16 bits per heavy atom. The predicted molar refractivity (Wildman–Crippen MR) is 74.1 cm³/mol. The lowest BCUT2D eigenvalue weighted by atomic mass is 9.88. The number of carbonyl (C=O) groups excluding carboxylic acids is 1. The highest BCUT2D eigenvalue weighted by Crippen LogP contribution is 2.26. The van der Waals surface area contributed by atoms with Crippen LogP contribution in [-0.2, 0) is 4.79 Å². The van der Waals surface area contributed by atoms with Gasteiger partial charge in [-0.1, -0.05) is 20.3 Å². The van der Waals surface area contributed by atoms with Gasteiger partial charge in [0.15, 0.2) is 0 Å². The van der Waals surface area contributed by atoms with Crippen molar-refractivity contribution >= 4 is 12.0 Å². The van der Waals surface area contributed by atoms with E-state index in [0.717, 1.165) is 25.8 Å². The summed E-state index contributed by atoms with van der Waals surface area (Å²) in [7, 11) is 0. The maximum atomic E-state index is 12.1. The van der Waals surface area contributed by atoms with Gasteiger partial charge in [0.25, 0.3) is 0 Å². The van der Waals surface area contributed by atoms with Gasteiger partial charge in [0.2, 0.25) is 0 Å². The summed E-state index contributed by atoms with van der Waals surface area (Å²) >= 11 is 0. The zero-order chi connectivity index (χ0) is 14.3. The summed E-state index contributed by atoms with van der Waals surface area (Å²) in [5.41, 5.74) is 0. The first-order valence-corrected chi connectivity index (χ1v) is 7.32. The van der Waals surface area contributed by atoms with E-state index in [1.54, 1.807) is 0 Å². The molecule has 2 atom stereocenters. The highest BCUT2D eigenvalue weighted by atomic mass is 16.4. The molecule has 0 saturated carbocycles. The minimum absolute atomic E-state index is 0.0320. The normalized spacial score (nSPS) is 23.2. The molecule has 0 aromatic rings. The number of carboxylic acid groups (broad SMARTS) is 1. The van der Waals surface area contributed by atoms with Crippen LogP contribution < -0.4 is 5.32 Å². The van der Waals surface area contributed by atoms with E-state index < -0.39 is 5.97 Å². The fourth-order valence-corrected chi connectivity index (χ4v) is 2.77. The van der Waals surface area contributed by atoms with E-state index >= 15 is 0 Å². The van der Waals surface area contributed by atoms with E-state index in [-0.39, 0.29) is 12.5 Å². The molecule has 1 fully saturated rings. The number of aliphatic carboxylic acids is 1. The van der Waals surface area contributed by atoms with Gasteiger partial charge >= 0.3 is 12.0 Å². The molecule has 0 radical (unpaired) electrons. The lowest BCUT2D eigenvalue weighted by molar-refractivity contribution is -0.137. The van der Waals surface area contributed by atoms with Gasteiger partial charge in [0.1, 0.15) is 0 Å². The number of nitrogens with zero attached hydrogens (tertiary/aromatic N) is 1. The van der Waals surface area contributed by atoms with Gasteiger partial charge in [0, 0.05) is 25.6 Å². The average molecular weight is 270 g/mol. The third kappa shape index (κ3) is 5.09. The highest BCUT2D eigenvalue weighted by Gasteiger charge is 2.30. The minimum atomic E-state index is -0.815. The summed E-state index contributed by atoms with van der Waals surface area (Å²) in [6.45, 7) is 5.61. The Hall–Kier alpha value is -1.26. The lowest BCUT2D eigenvalue weighted by Gasteiger charge is -2.40. The molecule has 1 rings (SSSR count). The molecule has 110 valence electrons. The Balaban J connectivity index is 2.41. The number of amides is 2. The molecular weight excluding hydrogens is 244 g/mol. The fourth-order valence-electron chi connectivity index (χ4n) is 2.77. The Bertz CT molecular complexity index is 307. The number of hydrogen-bond donors (Lipinski definition) is 2. The van der Waals surface area contributed by atoms with Crippen LogP contribution in [0.25, 0.3) is 0 Å². The number of rotatable bonds is 6. The average Bonchev–Trinajstić information content (AvgIpc) is 2.36. The highest BCUT2D eigenvalue weighted by molar-refractivity contribution is 5.74. The quantitative estimate of drug-likeness (QED) is 0.728. The lowest BCUT2D eigenvalue weighted by Crippen LogP contribution is -2.51. The number of nitrogens with one attached hydrogen (secondary N) is 1. The first-order chi connectivity index (χ1) is 9.06. The summed E-state index contributed by atoms with van der Waals surface area (Å²) in [4.78, 5) is 24.5. The second-order valence-corrected chi connectivity index (χ2v) is 5.40. The van der Waals surface area contributed by atoms with Gasteiger partial charge in [-0.25, -0.2) is 4.79 Å². The SMILES string of the molecule is CCCC1C(C)CCCN1C(=O)NCCCC(=O)O. The minimum Gasteiger partial charge on any atom is -0.481 e. The molecule has 0 spiro atoms. The maximum absolute atomic E-state index is 12.1. The largest absolute Gasteiger partial charge is 0.481 e. The van der Waals surface area contributed by atoms with Crippen molar-refractivity contribution in [3.8, 4) is 0 Å². The molecular formula is C14H26N2O3. The molecule has 2 amide bonds. The van der Waals surface area contributed by atoms with Crippen LogP contribution in [0.15, 0.2) is 0 Å². The zero-order valence-corrected chi connectivity index (χ0v) is 12.0. The van der Waals surface area contributed by atoms with Crippen LogP contribution in [0.2, 0.25) is 0 Å². The van der Waals surface area contributed by atoms with Crippen LogP contribution in [-0.4, -0.2) is 41.1 Å². The van der Waals surface area contributed by atoms with E-state index in [2.05, 4.69) is 19.2 Å². The molecule has 0 aliphatic carbocycles. The summed E-state index contributed by atoms with van der Waals surface area (Å²) in [6.07, 6.45) is 4.97. The van der Waals surface area contributed by atoms with E-state index in [1.165, 1.54) is 6.42 Å². The first-order valence-electron chi connectivity index (χ1n) is 7.32. The molecule has 0 aromatic carbocycles. The van der Waals surface area contributed by atoms with Gasteiger partial charge in [0.05, 0.1) is 0 Å². The van der Waals surface area contributed by atoms with Gasteiger partial charge in [-0.15, -0.1) is 0 Å². The van der Waals surface area contributed by atoms with Crippen LogP contribution in [0.4, 0.5) is 4.79 Å². The van der Waals surface area contributed by atoms with Gasteiger partial charge in [-0.3, -0.25) is 4.79 Å². The number of carboxylic acids is 1. The van der Waals surface area contributed by atoms with Crippen LogP contribution >= 0.6 is 0 Å². The van der Waals surface area contributed by atoms with Gasteiger partial charge in [-0.2, -0.15) is 0 Å². The van der Waals surface area contributed by atoms with Crippen molar-refractivity contribution in [3.63, 3.8) is 0 Å². The molecule has 1 saturated heterocycles. The molecule has 1 aliphatic heterocycles. The van der Waals surface area contributed by atoms with E-state index in [4.69, 9.17) is 5.11 Å². The number of carbonyl (C=O) groups is 2. The van der Waals surface area contributed by atoms with Crippen molar-refractivity contribution in [1.82, 2.24) is 10.2 Å². The third-order valence-corrected chi connectivity index (χ3v) is 3.80. The standard InChI is InChI=1S/C14H26N2O3/c1-3-6-12-11(2)7-5-10-16(12)14(19)15-9-4-8-13(17)18/h11-12H,3-10H2,1-2H3,(H,15,19)(H,17,18). The summed E-state index contributed by atoms with van der Waals surface area (Å²) in [6, 6.07) is 0.300. The third-order valence-electron chi connectivity index (χ3n) is 3.80. The van der Waals surface area contributed by atoms with Crippen molar-refractivity contribution < 1.29 is 14.7 Å². The van der Waals surface area contributed by atoms with Crippen LogP contribution in [0, 0.1) is 5.92 Å². The Labute approximate surface area is 115 Å². The molecule has 5 heteroatoms. The molecule has 2 N–H and O–H groups in total. The van der Waals surface area contributed by atoms with Crippen molar-refractivity contribution in [2.45, 2.75) is 58.4 Å². The smallest absolute Gasteiger partial charge is 0.317 e. The van der Waals surface area contributed by atoms with Gasteiger partial charge in [-0.05, 0) is 31.6 Å². The van der Waals surface area contributed by atoms with Crippen molar-refractivity contribution in [3.05, 3.63) is 0 Å². The Morgan fingerprint density at radius 3 is 2.79 bits per heavy atom. The Kier molecular flexibility index (Phi) is 6.67. The number of piperidine rings is 1. The second kappa shape index (κ2) is 8.02. The number of likely N-dealkylation sites (tertiary alicyclic amines) is 1. The maximum Gasteiger partial charge on any atom is 0.317 e. The van der Waals surface area contributed by atoms with Crippen molar-refractivity contribution in [1.29, 1.82) is 0 Å². The molecule has 5 nitrogen and oxygen atoms in total. The molecule has 1 aliphatic rings. The molecule has 19 heavy (non-hydrogen) atoms. The van der Waals surface area contributed by atoms with Crippen LogP contribution in [0.5, 0.6) is 0 Å². The van der Waals surface area contributed by atoms with E-state index in [1.807, 2.05) is 4.90 Å². The van der Waals surface area contributed by atoms with E-state index in [0.29, 0.717) is 24.9 Å². The van der Waals surface area contributed by atoms with E-state index in [9.17, 15) is 9.59 Å². The Morgan fingerprint density at radius 1 is 1.42 bits per heavy atom.